The van der Waals surface area contributed by atoms with Gasteiger partial charge in [-0.2, -0.15) is 11.3 Å². The van der Waals surface area contributed by atoms with E-state index in [2.05, 4.69) is 44.7 Å². The maximum atomic E-state index is 11.6. The van der Waals surface area contributed by atoms with E-state index in [1.165, 1.54) is 5.56 Å². The molecule has 1 aromatic rings. The standard InChI is InChI=1S/C15H26N4OS/c1-4-7-17-14(20)10-19-15(16-5-2)18-9-12(3)13-6-8-21-11-13/h6,8,11-12H,4-5,7,9-10H2,1-3H3,(H,17,20)(H2,16,18,19). The molecule has 3 N–H and O–H groups in total. The van der Waals surface area contributed by atoms with Crippen LogP contribution in [0.4, 0.5) is 0 Å². The molecule has 6 heteroatoms. The number of thiophene rings is 1. The van der Waals surface area contributed by atoms with Crippen molar-refractivity contribution in [3.63, 3.8) is 0 Å². The second kappa shape index (κ2) is 10.2. The summed E-state index contributed by atoms with van der Waals surface area (Å²) < 4.78 is 0. The van der Waals surface area contributed by atoms with Crippen molar-refractivity contribution in [2.45, 2.75) is 33.1 Å². The summed E-state index contributed by atoms with van der Waals surface area (Å²) in [6.45, 7) is 8.63. The summed E-state index contributed by atoms with van der Waals surface area (Å²) in [6, 6.07) is 2.14. The van der Waals surface area contributed by atoms with E-state index in [0.717, 1.165) is 19.5 Å². The zero-order chi connectivity index (χ0) is 15.5. The first-order valence-electron chi connectivity index (χ1n) is 7.48. The van der Waals surface area contributed by atoms with Gasteiger partial charge in [-0.3, -0.25) is 4.79 Å². The van der Waals surface area contributed by atoms with Crippen molar-refractivity contribution in [3.05, 3.63) is 22.4 Å². The highest BCUT2D eigenvalue weighted by molar-refractivity contribution is 7.07. The molecule has 0 bridgehead atoms. The minimum atomic E-state index is -0.0417. The lowest BCUT2D eigenvalue weighted by molar-refractivity contribution is -0.119. The third-order valence-electron chi connectivity index (χ3n) is 2.99. The Morgan fingerprint density at radius 2 is 2.14 bits per heavy atom. The maximum Gasteiger partial charge on any atom is 0.241 e. The van der Waals surface area contributed by atoms with Crippen molar-refractivity contribution in [2.24, 2.45) is 4.99 Å². The van der Waals surface area contributed by atoms with Gasteiger partial charge in [0, 0.05) is 19.6 Å². The molecule has 1 aromatic heterocycles. The van der Waals surface area contributed by atoms with Crippen molar-refractivity contribution >= 4 is 23.2 Å². The van der Waals surface area contributed by atoms with Crippen LogP contribution in [-0.4, -0.2) is 38.0 Å². The van der Waals surface area contributed by atoms with Gasteiger partial charge in [0.15, 0.2) is 5.96 Å². The normalized spacial score (nSPS) is 12.8. The van der Waals surface area contributed by atoms with Gasteiger partial charge < -0.3 is 16.0 Å². The summed E-state index contributed by atoms with van der Waals surface area (Å²) in [5.74, 6) is 1.06. The molecule has 0 saturated carbocycles. The van der Waals surface area contributed by atoms with E-state index in [0.29, 0.717) is 18.4 Å². The molecule has 5 nitrogen and oxygen atoms in total. The van der Waals surface area contributed by atoms with Crippen LogP contribution in [0, 0.1) is 0 Å². The molecular weight excluding hydrogens is 284 g/mol. The number of carbonyl (C=O) groups excluding carboxylic acids is 1. The lowest BCUT2D eigenvalue weighted by Gasteiger charge is -2.15. The second-order valence-corrected chi connectivity index (χ2v) is 5.66. The smallest absolute Gasteiger partial charge is 0.241 e. The Kier molecular flexibility index (Phi) is 8.50. The Morgan fingerprint density at radius 1 is 1.33 bits per heavy atom. The molecule has 1 rings (SSSR count). The van der Waals surface area contributed by atoms with Gasteiger partial charge in [0.2, 0.25) is 5.91 Å². The van der Waals surface area contributed by atoms with Gasteiger partial charge in [-0.1, -0.05) is 13.8 Å². The van der Waals surface area contributed by atoms with Gasteiger partial charge in [-0.25, -0.2) is 4.99 Å². The summed E-state index contributed by atoms with van der Waals surface area (Å²) in [7, 11) is 0. The molecule has 0 saturated heterocycles. The van der Waals surface area contributed by atoms with Crippen LogP contribution in [0.5, 0.6) is 0 Å². The zero-order valence-electron chi connectivity index (χ0n) is 13.1. The van der Waals surface area contributed by atoms with E-state index in [1.54, 1.807) is 11.3 Å². The first-order chi connectivity index (χ1) is 10.2. The number of hydrogen-bond donors (Lipinski definition) is 3. The summed E-state index contributed by atoms with van der Waals surface area (Å²) in [5, 5.41) is 13.5. The summed E-state index contributed by atoms with van der Waals surface area (Å²) in [5.41, 5.74) is 1.32. The summed E-state index contributed by atoms with van der Waals surface area (Å²) in [4.78, 5) is 15.9. The summed E-state index contributed by atoms with van der Waals surface area (Å²) in [6.07, 6.45) is 0.936. The number of nitrogens with one attached hydrogen (secondary N) is 3. The molecule has 21 heavy (non-hydrogen) atoms. The minimum Gasteiger partial charge on any atom is -0.357 e. The van der Waals surface area contributed by atoms with Gasteiger partial charge in [0.25, 0.3) is 0 Å². The number of amides is 1. The van der Waals surface area contributed by atoms with E-state index < -0.39 is 0 Å². The van der Waals surface area contributed by atoms with E-state index in [-0.39, 0.29) is 12.5 Å². The van der Waals surface area contributed by atoms with Crippen LogP contribution < -0.4 is 16.0 Å². The Labute approximate surface area is 131 Å². The van der Waals surface area contributed by atoms with Crippen LogP contribution >= 0.6 is 11.3 Å². The van der Waals surface area contributed by atoms with Crippen molar-refractivity contribution < 1.29 is 4.79 Å². The molecule has 1 unspecified atom stereocenters. The fraction of sp³-hybridized carbons (Fsp3) is 0.600. The zero-order valence-corrected chi connectivity index (χ0v) is 13.9. The van der Waals surface area contributed by atoms with E-state index >= 15 is 0 Å². The number of aliphatic imine (C=N–C) groups is 1. The lowest BCUT2D eigenvalue weighted by Crippen LogP contribution is -2.40. The predicted molar refractivity (Wildman–Crippen MR) is 90.0 cm³/mol. The van der Waals surface area contributed by atoms with Gasteiger partial charge in [-0.05, 0) is 41.7 Å². The fourth-order valence-electron chi connectivity index (χ4n) is 1.74. The lowest BCUT2D eigenvalue weighted by atomic mass is 10.1. The van der Waals surface area contributed by atoms with E-state index in [9.17, 15) is 4.79 Å². The van der Waals surface area contributed by atoms with Crippen LogP contribution in [0.1, 0.15) is 38.7 Å². The number of hydrogen-bond acceptors (Lipinski definition) is 3. The van der Waals surface area contributed by atoms with Crippen molar-refractivity contribution in [2.75, 3.05) is 26.2 Å². The number of nitrogens with zero attached hydrogens (tertiary/aromatic N) is 1. The number of rotatable bonds is 8. The molecule has 0 aliphatic rings. The van der Waals surface area contributed by atoms with Crippen molar-refractivity contribution in [3.8, 4) is 0 Å². The predicted octanol–water partition coefficient (Wildman–Crippen LogP) is 1.93. The second-order valence-electron chi connectivity index (χ2n) is 4.88. The molecule has 0 aromatic carbocycles. The third-order valence-corrected chi connectivity index (χ3v) is 3.69. The quantitative estimate of drug-likeness (QED) is 0.508. The molecule has 0 fully saturated rings. The molecule has 0 radical (unpaired) electrons. The van der Waals surface area contributed by atoms with Crippen LogP contribution in [0.15, 0.2) is 21.8 Å². The number of guanidine groups is 1. The third kappa shape index (κ3) is 7.13. The molecule has 1 atom stereocenters. The first-order valence-corrected chi connectivity index (χ1v) is 8.42. The average Bonchev–Trinajstić information content (AvgIpc) is 3.02. The van der Waals surface area contributed by atoms with Crippen LogP contribution in [0.25, 0.3) is 0 Å². The molecule has 1 heterocycles. The molecule has 118 valence electrons. The Bertz CT molecular complexity index is 431. The topological polar surface area (TPSA) is 65.5 Å². The minimum absolute atomic E-state index is 0.0417. The van der Waals surface area contributed by atoms with Crippen LogP contribution in [0.3, 0.4) is 0 Å². The summed E-state index contributed by atoms with van der Waals surface area (Å²) >= 11 is 1.71. The molecular formula is C15H26N4OS. The Balaban J connectivity index is 2.43. The molecule has 0 aliphatic carbocycles. The SMILES string of the molecule is CCCNC(=O)CN=C(NCC)NCC(C)c1ccsc1. The largest absolute Gasteiger partial charge is 0.357 e. The van der Waals surface area contributed by atoms with Crippen LogP contribution in [0.2, 0.25) is 0 Å². The van der Waals surface area contributed by atoms with Crippen molar-refractivity contribution in [1.82, 2.24) is 16.0 Å². The van der Waals surface area contributed by atoms with Crippen LogP contribution in [-0.2, 0) is 4.79 Å². The first kappa shape index (κ1) is 17.5. The van der Waals surface area contributed by atoms with Gasteiger partial charge >= 0.3 is 0 Å². The molecule has 0 spiro atoms. The number of carbonyl (C=O) groups is 1. The van der Waals surface area contributed by atoms with Gasteiger partial charge in [0.05, 0.1) is 0 Å². The van der Waals surface area contributed by atoms with Crippen molar-refractivity contribution in [1.29, 1.82) is 0 Å². The Hall–Kier alpha value is -1.56. The maximum absolute atomic E-state index is 11.6. The highest BCUT2D eigenvalue weighted by Crippen LogP contribution is 2.16. The van der Waals surface area contributed by atoms with Gasteiger partial charge in [0.1, 0.15) is 6.54 Å². The highest BCUT2D eigenvalue weighted by Gasteiger charge is 2.07. The molecule has 0 aliphatic heterocycles. The average molecular weight is 310 g/mol. The Morgan fingerprint density at radius 3 is 2.76 bits per heavy atom. The monoisotopic (exact) mass is 310 g/mol. The highest BCUT2D eigenvalue weighted by atomic mass is 32.1. The van der Waals surface area contributed by atoms with Gasteiger partial charge in [-0.15, -0.1) is 0 Å². The molecule has 1 amide bonds. The van der Waals surface area contributed by atoms with E-state index in [4.69, 9.17) is 0 Å². The fourth-order valence-corrected chi connectivity index (χ4v) is 2.52. The van der Waals surface area contributed by atoms with E-state index in [1.807, 2.05) is 13.8 Å².